The van der Waals surface area contributed by atoms with Crippen LogP contribution in [0.3, 0.4) is 0 Å². The maximum atomic E-state index is 6.02. The fraction of sp³-hybridized carbons (Fsp3) is 0.650. The predicted octanol–water partition coefficient (Wildman–Crippen LogP) is 3.04. The summed E-state index contributed by atoms with van der Waals surface area (Å²) in [5.41, 5.74) is 1.26. The first-order chi connectivity index (χ1) is 12.7. The number of rotatable bonds is 5. The smallest absolute Gasteiger partial charge is 0.196 e. The lowest BCUT2D eigenvalue weighted by atomic mass is 9.46. The molecule has 3 fully saturated rings. The molecule has 6 heteroatoms. The van der Waals surface area contributed by atoms with Crippen molar-refractivity contribution < 1.29 is 14.2 Å². The number of guanidine groups is 1. The number of hydrogen-bond acceptors (Lipinski definition) is 4. The topological polar surface area (TPSA) is 64.1 Å². The number of hydrogen-bond donors (Lipinski definition) is 2. The average molecular weight is 359 g/mol. The number of anilines is 1. The molecule has 26 heavy (non-hydrogen) atoms. The summed E-state index contributed by atoms with van der Waals surface area (Å²) in [6.07, 6.45) is 5.45. The van der Waals surface area contributed by atoms with Crippen LogP contribution in [0.15, 0.2) is 23.2 Å². The molecule has 142 valence electrons. The molecule has 0 radical (unpaired) electrons. The minimum Gasteiger partial charge on any atom is -0.493 e. The van der Waals surface area contributed by atoms with E-state index < -0.39 is 0 Å². The lowest BCUT2D eigenvalue weighted by molar-refractivity contribution is -0.171. The molecule has 1 heterocycles. The number of benzene rings is 1. The number of fused-ring (bicyclic) bond motifs is 2. The van der Waals surface area contributed by atoms with E-state index >= 15 is 0 Å². The van der Waals surface area contributed by atoms with Crippen molar-refractivity contribution in [3.05, 3.63) is 18.2 Å². The third-order valence-corrected chi connectivity index (χ3v) is 6.29. The van der Waals surface area contributed by atoms with Crippen LogP contribution < -0.4 is 20.1 Å². The maximum Gasteiger partial charge on any atom is 0.196 e. The van der Waals surface area contributed by atoms with Gasteiger partial charge in [-0.2, -0.15) is 0 Å². The van der Waals surface area contributed by atoms with Gasteiger partial charge in [0.2, 0.25) is 0 Å². The Morgan fingerprint density at radius 3 is 2.73 bits per heavy atom. The van der Waals surface area contributed by atoms with Gasteiger partial charge in [0.15, 0.2) is 17.5 Å². The molecule has 0 bridgehead atoms. The van der Waals surface area contributed by atoms with Crippen molar-refractivity contribution >= 4 is 11.6 Å². The van der Waals surface area contributed by atoms with Crippen molar-refractivity contribution in [1.82, 2.24) is 5.32 Å². The highest BCUT2D eigenvalue weighted by Gasteiger charge is 2.66. The summed E-state index contributed by atoms with van der Waals surface area (Å²) in [5.74, 6) is 2.88. The van der Waals surface area contributed by atoms with Gasteiger partial charge in [-0.25, -0.2) is 0 Å². The molecule has 1 aromatic rings. The number of ether oxygens (including phenoxy) is 3. The van der Waals surface area contributed by atoms with Crippen molar-refractivity contribution in [3.8, 4) is 11.5 Å². The third-order valence-electron chi connectivity index (χ3n) is 6.29. The molecule has 2 N–H and O–H groups in total. The molecule has 6 nitrogen and oxygen atoms in total. The van der Waals surface area contributed by atoms with Gasteiger partial charge < -0.3 is 24.8 Å². The molecular weight excluding hydrogens is 330 g/mol. The summed E-state index contributed by atoms with van der Waals surface area (Å²) >= 11 is 0. The zero-order valence-corrected chi connectivity index (χ0v) is 15.9. The second-order valence-electron chi connectivity index (χ2n) is 7.47. The maximum absolute atomic E-state index is 6.02. The fourth-order valence-corrected chi connectivity index (χ4v) is 4.93. The monoisotopic (exact) mass is 359 g/mol. The van der Waals surface area contributed by atoms with Crippen LogP contribution in [-0.2, 0) is 4.74 Å². The van der Waals surface area contributed by atoms with E-state index in [1.165, 1.54) is 19.3 Å². The minimum atomic E-state index is 0.328. The molecule has 4 rings (SSSR count). The summed E-state index contributed by atoms with van der Waals surface area (Å²) in [6.45, 7) is 3.69. The van der Waals surface area contributed by atoms with E-state index in [4.69, 9.17) is 14.2 Å². The van der Waals surface area contributed by atoms with Crippen molar-refractivity contribution in [1.29, 1.82) is 0 Å². The van der Waals surface area contributed by atoms with Gasteiger partial charge in [0.05, 0.1) is 20.3 Å². The molecule has 3 aliphatic rings. The first-order valence-corrected chi connectivity index (χ1v) is 9.63. The number of nitrogens with zero attached hydrogens (tertiary/aromatic N) is 1. The molecule has 1 aromatic carbocycles. The van der Waals surface area contributed by atoms with Gasteiger partial charge in [-0.15, -0.1) is 0 Å². The second-order valence-corrected chi connectivity index (χ2v) is 7.47. The summed E-state index contributed by atoms with van der Waals surface area (Å²) in [6, 6.07) is 6.28. The Balaban J connectivity index is 1.49. The summed E-state index contributed by atoms with van der Waals surface area (Å²) in [5, 5.41) is 7.15. The normalized spacial score (nSPS) is 28.7. The van der Waals surface area contributed by atoms with Crippen LogP contribution in [-0.4, -0.2) is 45.5 Å². The van der Waals surface area contributed by atoms with Gasteiger partial charge >= 0.3 is 0 Å². The number of nitrogens with one attached hydrogen (secondary N) is 2. The second kappa shape index (κ2) is 6.99. The molecule has 1 spiro atoms. The van der Waals surface area contributed by atoms with Gasteiger partial charge in [0, 0.05) is 42.3 Å². The number of aliphatic imine (C=N–C) groups is 1. The standard InChI is InChI=1S/C20H29N3O3/c1-4-21-19(22-13-6-7-15(24-2)16(12-13)25-3)23-17-14-8-11-26-18(14)20(17)9-5-10-20/h6-7,12,14,17-18H,4-5,8-11H2,1-3H3,(H2,21,22,23). The van der Waals surface area contributed by atoms with E-state index in [2.05, 4.69) is 22.5 Å². The first kappa shape index (κ1) is 17.5. The van der Waals surface area contributed by atoms with Crippen LogP contribution in [0.4, 0.5) is 5.69 Å². The molecular formula is C20H29N3O3. The van der Waals surface area contributed by atoms with Crippen LogP contribution in [0, 0.1) is 11.3 Å². The van der Waals surface area contributed by atoms with Crippen LogP contribution in [0.1, 0.15) is 32.6 Å². The molecule has 0 amide bonds. The zero-order chi connectivity index (χ0) is 18.1. The fourth-order valence-electron chi connectivity index (χ4n) is 4.93. The third kappa shape index (κ3) is 2.71. The van der Waals surface area contributed by atoms with E-state index in [9.17, 15) is 0 Å². The molecule has 1 saturated heterocycles. The van der Waals surface area contributed by atoms with Crippen LogP contribution in [0.5, 0.6) is 11.5 Å². The van der Waals surface area contributed by atoms with Crippen LogP contribution in [0.2, 0.25) is 0 Å². The Morgan fingerprint density at radius 1 is 1.27 bits per heavy atom. The molecule has 3 unspecified atom stereocenters. The highest BCUT2D eigenvalue weighted by Crippen LogP contribution is 2.62. The Morgan fingerprint density at radius 2 is 2.08 bits per heavy atom. The van der Waals surface area contributed by atoms with E-state index in [0.717, 1.165) is 37.0 Å². The molecule has 1 aliphatic heterocycles. The van der Waals surface area contributed by atoms with Gasteiger partial charge in [-0.05, 0) is 38.3 Å². The quantitative estimate of drug-likeness (QED) is 0.625. The lowest BCUT2D eigenvalue weighted by Crippen LogP contribution is -2.72. The molecule has 2 aliphatic carbocycles. The Labute approximate surface area is 155 Å². The van der Waals surface area contributed by atoms with Crippen LogP contribution >= 0.6 is 0 Å². The number of methoxy groups -OCH3 is 2. The minimum absolute atomic E-state index is 0.328. The van der Waals surface area contributed by atoms with E-state index in [-0.39, 0.29) is 0 Å². The van der Waals surface area contributed by atoms with Gasteiger partial charge in [-0.1, -0.05) is 6.42 Å². The first-order valence-electron chi connectivity index (χ1n) is 9.63. The SMILES string of the molecule is CCN=C(Nc1ccc(OC)c(OC)c1)NC1C2CCOC2C12CCC2. The summed E-state index contributed by atoms with van der Waals surface area (Å²) in [7, 11) is 3.29. The van der Waals surface area contributed by atoms with Gasteiger partial charge in [0.25, 0.3) is 0 Å². The Kier molecular flexibility index (Phi) is 4.69. The van der Waals surface area contributed by atoms with Crippen molar-refractivity contribution in [2.45, 2.75) is 44.8 Å². The molecule has 0 aromatic heterocycles. The highest BCUT2D eigenvalue weighted by molar-refractivity contribution is 5.94. The zero-order valence-electron chi connectivity index (χ0n) is 15.9. The van der Waals surface area contributed by atoms with Crippen molar-refractivity contribution in [2.75, 3.05) is 32.7 Å². The van der Waals surface area contributed by atoms with E-state index in [0.29, 0.717) is 29.2 Å². The van der Waals surface area contributed by atoms with Gasteiger partial charge in [0.1, 0.15) is 0 Å². The lowest BCUT2D eigenvalue weighted by Gasteiger charge is -2.63. The van der Waals surface area contributed by atoms with Gasteiger partial charge in [-0.3, -0.25) is 4.99 Å². The predicted molar refractivity (Wildman–Crippen MR) is 102 cm³/mol. The van der Waals surface area contributed by atoms with E-state index in [1.807, 2.05) is 18.2 Å². The summed E-state index contributed by atoms with van der Waals surface area (Å²) in [4.78, 5) is 4.66. The van der Waals surface area contributed by atoms with Crippen molar-refractivity contribution in [3.63, 3.8) is 0 Å². The average Bonchev–Trinajstić information content (AvgIpc) is 3.03. The van der Waals surface area contributed by atoms with E-state index in [1.54, 1.807) is 14.2 Å². The molecule has 2 saturated carbocycles. The molecule has 3 atom stereocenters. The summed E-state index contributed by atoms with van der Waals surface area (Å²) < 4.78 is 16.8. The Bertz CT molecular complexity index is 687. The van der Waals surface area contributed by atoms with Crippen LogP contribution in [0.25, 0.3) is 0 Å². The van der Waals surface area contributed by atoms with Crippen molar-refractivity contribution in [2.24, 2.45) is 16.3 Å². The highest BCUT2D eigenvalue weighted by atomic mass is 16.5. The Hall–Kier alpha value is -1.95. The largest absolute Gasteiger partial charge is 0.493 e.